The Balaban J connectivity index is 1.40. The molecule has 158 valence electrons. The summed E-state index contributed by atoms with van der Waals surface area (Å²) in [5, 5.41) is 23.9. The van der Waals surface area contributed by atoms with Gasteiger partial charge in [-0.25, -0.2) is 0 Å². The zero-order valence-electron chi connectivity index (χ0n) is 15.7. The number of hydrogen-bond donors (Lipinski definition) is 1. The first-order valence-electron chi connectivity index (χ1n) is 8.90. The van der Waals surface area contributed by atoms with E-state index in [9.17, 15) is 14.9 Å². The van der Waals surface area contributed by atoms with Crippen LogP contribution in [0.4, 0.5) is 11.5 Å². The molecule has 0 atom stereocenters. The molecule has 12 heteroatoms. The van der Waals surface area contributed by atoms with E-state index in [4.69, 9.17) is 11.6 Å². The largest absolute Gasteiger partial charge is 0.307 e. The number of carbonyl (C=O) groups is 1. The number of benzene rings is 1. The number of amides is 1. The highest BCUT2D eigenvalue weighted by atomic mass is 79.9. The highest BCUT2D eigenvalue weighted by Crippen LogP contribution is 2.23. The van der Waals surface area contributed by atoms with Gasteiger partial charge in [0, 0.05) is 10.7 Å². The van der Waals surface area contributed by atoms with Crippen LogP contribution in [0.15, 0.2) is 58.8 Å². The molecular weight excluding hydrogens is 508 g/mol. The lowest BCUT2D eigenvalue weighted by atomic mass is 10.2. The zero-order chi connectivity index (χ0) is 22.0. The summed E-state index contributed by atoms with van der Waals surface area (Å²) >= 11 is 10.9. The van der Waals surface area contributed by atoms with Gasteiger partial charge in [-0.2, -0.15) is 10.2 Å². The van der Waals surface area contributed by atoms with Crippen molar-refractivity contribution in [2.75, 3.05) is 5.32 Å². The van der Waals surface area contributed by atoms with Gasteiger partial charge in [0.15, 0.2) is 5.82 Å². The molecule has 0 saturated heterocycles. The van der Waals surface area contributed by atoms with Crippen molar-refractivity contribution in [1.29, 1.82) is 0 Å². The molecule has 1 aromatic carbocycles. The molecule has 31 heavy (non-hydrogen) atoms. The van der Waals surface area contributed by atoms with Crippen LogP contribution in [0, 0.1) is 10.1 Å². The van der Waals surface area contributed by atoms with Gasteiger partial charge in [-0.3, -0.25) is 24.3 Å². The van der Waals surface area contributed by atoms with E-state index in [-0.39, 0.29) is 17.4 Å². The van der Waals surface area contributed by atoms with E-state index in [2.05, 4.69) is 31.4 Å². The predicted molar refractivity (Wildman–Crippen MR) is 121 cm³/mol. The molecule has 0 bridgehead atoms. The Bertz CT molecular complexity index is 1250. The number of halogens is 2. The highest BCUT2D eigenvalue weighted by molar-refractivity contribution is 9.10. The molecule has 4 rings (SSSR count). The van der Waals surface area contributed by atoms with E-state index in [1.165, 1.54) is 28.4 Å². The monoisotopic (exact) mass is 520 g/mol. The van der Waals surface area contributed by atoms with E-state index in [0.29, 0.717) is 23.0 Å². The van der Waals surface area contributed by atoms with Gasteiger partial charge in [0.1, 0.15) is 17.4 Å². The summed E-state index contributed by atoms with van der Waals surface area (Å²) in [5.74, 6) is -0.0556. The molecule has 9 nitrogen and oxygen atoms in total. The molecule has 0 radical (unpaired) electrons. The normalized spacial score (nSPS) is 10.9. The molecule has 0 spiro atoms. The van der Waals surface area contributed by atoms with Gasteiger partial charge in [-0.05, 0) is 34.7 Å². The van der Waals surface area contributed by atoms with Gasteiger partial charge in [-0.1, -0.05) is 39.7 Å². The second-order valence-corrected chi connectivity index (χ2v) is 8.81. The zero-order valence-corrected chi connectivity index (χ0v) is 18.9. The number of nitrogens with one attached hydrogen (secondary N) is 1. The Kier molecular flexibility index (Phi) is 6.16. The molecule has 0 aliphatic heterocycles. The van der Waals surface area contributed by atoms with Crippen molar-refractivity contribution < 1.29 is 9.72 Å². The molecule has 4 aromatic rings. The first-order chi connectivity index (χ1) is 14.9. The summed E-state index contributed by atoms with van der Waals surface area (Å²) in [5.41, 5.74) is 1.77. The summed E-state index contributed by atoms with van der Waals surface area (Å²) in [7, 11) is 0. The maximum atomic E-state index is 12.6. The molecule has 0 saturated carbocycles. The van der Waals surface area contributed by atoms with Crippen molar-refractivity contribution in [3.05, 3.63) is 89.9 Å². The fraction of sp³-hybridized carbons (Fsp3) is 0.105. The van der Waals surface area contributed by atoms with Crippen LogP contribution in [0.3, 0.4) is 0 Å². The van der Waals surface area contributed by atoms with Gasteiger partial charge in [0.05, 0.1) is 22.9 Å². The number of thiophene rings is 1. The van der Waals surface area contributed by atoms with Crippen molar-refractivity contribution in [3.8, 4) is 0 Å². The Morgan fingerprint density at radius 1 is 1.19 bits per heavy atom. The standard InChI is InChI=1S/C19H14BrClN6O3S/c20-14-3-1-12(2-4-14)7-26-10-16(21)18(24-26)23-19(28)17-5-13(11-31-17)8-25-9-15(6-22-25)27(29)30/h1-6,9-11H,7-8H2,(H,23,24,28). The third-order valence-electron chi connectivity index (χ3n) is 4.26. The van der Waals surface area contributed by atoms with Crippen LogP contribution in [0.5, 0.6) is 0 Å². The lowest BCUT2D eigenvalue weighted by Gasteiger charge is -2.02. The summed E-state index contributed by atoms with van der Waals surface area (Å²) in [4.78, 5) is 23.3. The number of nitrogens with zero attached hydrogens (tertiary/aromatic N) is 5. The average molecular weight is 522 g/mol. The maximum Gasteiger partial charge on any atom is 0.307 e. The minimum absolute atomic E-state index is 0.0819. The molecule has 1 N–H and O–H groups in total. The van der Waals surface area contributed by atoms with Gasteiger partial charge in [0.2, 0.25) is 0 Å². The van der Waals surface area contributed by atoms with Gasteiger partial charge >= 0.3 is 5.69 Å². The molecular formula is C19H14BrClN6O3S. The Labute approximate surface area is 193 Å². The third-order valence-corrected chi connectivity index (χ3v) is 6.04. The second-order valence-electron chi connectivity index (χ2n) is 6.58. The van der Waals surface area contributed by atoms with Crippen molar-refractivity contribution in [1.82, 2.24) is 19.6 Å². The van der Waals surface area contributed by atoms with Gasteiger partial charge in [-0.15, -0.1) is 11.3 Å². The number of rotatable bonds is 7. The van der Waals surface area contributed by atoms with Crippen LogP contribution in [-0.4, -0.2) is 30.4 Å². The van der Waals surface area contributed by atoms with E-state index in [1.54, 1.807) is 22.3 Å². The SMILES string of the molecule is O=C(Nc1nn(Cc2ccc(Br)cc2)cc1Cl)c1cc(Cn2cc([N+](=O)[O-])cn2)cs1. The Hall–Kier alpha value is -3.02. The van der Waals surface area contributed by atoms with Crippen LogP contribution in [0.25, 0.3) is 0 Å². The quantitative estimate of drug-likeness (QED) is 0.277. The summed E-state index contributed by atoms with van der Waals surface area (Å²) < 4.78 is 4.09. The first-order valence-corrected chi connectivity index (χ1v) is 11.0. The van der Waals surface area contributed by atoms with Crippen molar-refractivity contribution in [2.45, 2.75) is 13.1 Å². The predicted octanol–water partition coefficient (Wildman–Crippen LogP) is 4.81. The first kappa shape index (κ1) is 21.2. The van der Waals surface area contributed by atoms with Crippen molar-refractivity contribution in [2.24, 2.45) is 0 Å². The van der Waals surface area contributed by atoms with Crippen molar-refractivity contribution in [3.63, 3.8) is 0 Å². The van der Waals surface area contributed by atoms with Crippen LogP contribution >= 0.6 is 38.9 Å². The lowest BCUT2D eigenvalue weighted by Crippen LogP contribution is -2.11. The number of aromatic nitrogens is 4. The fourth-order valence-electron chi connectivity index (χ4n) is 2.81. The van der Waals surface area contributed by atoms with Crippen LogP contribution in [0.1, 0.15) is 20.8 Å². The summed E-state index contributed by atoms with van der Waals surface area (Å²) in [6.45, 7) is 0.836. The fourth-order valence-corrected chi connectivity index (χ4v) is 4.07. The number of nitro groups is 1. The molecule has 3 heterocycles. The van der Waals surface area contributed by atoms with E-state index in [0.717, 1.165) is 15.6 Å². The molecule has 0 unspecified atom stereocenters. The molecule has 1 amide bonds. The van der Waals surface area contributed by atoms with Crippen molar-refractivity contribution >= 4 is 56.3 Å². The highest BCUT2D eigenvalue weighted by Gasteiger charge is 2.15. The van der Waals surface area contributed by atoms with E-state index >= 15 is 0 Å². The van der Waals surface area contributed by atoms with Crippen LogP contribution < -0.4 is 5.32 Å². The minimum Gasteiger partial charge on any atom is -0.303 e. The Morgan fingerprint density at radius 2 is 1.94 bits per heavy atom. The minimum atomic E-state index is -0.504. The smallest absolute Gasteiger partial charge is 0.303 e. The van der Waals surface area contributed by atoms with Crippen LogP contribution in [-0.2, 0) is 13.1 Å². The third kappa shape index (κ3) is 5.19. The molecule has 3 aromatic heterocycles. The molecule has 0 aliphatic rings. The van der Waals surface area contributed by atoms with E-state index in [1.807, 2.05) is 24.3 Å². The lowest BCUT2D eigenvalue weighted by molar-refractivity contribution is -0.385. The van der Waals surface area contributed by atoms with Gasteiger partial charge in [0.25, 0.3) is 5.91 Å². The maximum absolute atomic E-state index is 12.6. The van der Waals surface area contributed by atoms with Crippen LogP contribution in [0.2, 0.25) is 5.02 Å². The summed E-state index contributed by atoms with van der Waals surface area (Å²) in [6.07, 6.45) is 4.19. The second kappa shape index (κ2) is 9.00. The summed E-state index contributed by atoms with van der Waals surface area (Å²) in [6, 6.07) is 9.54. The molecule has 0 aliphatic carbocycles. The number of hydrogen-bond acceptors (Lipinski definition) is 6. The Morgan fingerprint density at radius 3 is 2.65 bits per heavy atom. The average Bonchev–Trinajstić information content (AvgIpc) is 3.45. The van der Waals surface area contributed by atoms with Gasteiger partial charge < -0.3 is 5.32 Å². The number of carbonyl (C=O) groups excluding carboxylic acids is 1. The topological polar surface area (TPSA) is 108 Å². The number of anilines is 1. The van der Waals surface area contributed by atoms with E-state index < -0.39 is 4.92 Å². The molecule has 0 fully saturated rings.